The second kappa shape index (κ2) is 11.5. The number of aliphatic hydroxyl groups is 1. The molecule has 5 rings (SSSR count). The zero-order valence-electron chi connectivity index (χ0n) is 21.0. The van der Waals surface area contributed by atoms with Crippen LogP contribution in [-0.4, -0.2) is 67.5 Å². The third-order valence-electron chi connectivity index (χ3n) is 6.09. The third-order valence-corrected chi connectivity index (χ3v) is 7.13. The van der Waals surface area contributed by atoms with Crippen LogP contribution in [0.25, 0.3) is 5.69 Å². The molecule has 4 aromatic rings. The van der Waals surface area contributed by atoms with Crippen LogP contribution < -0.4 is 20.3 Å². The van der Waals surface area contributed by atoms with E-state index in [1.54, 1.807) is 25.4 Å². The van der Waals surface area contributed by atoms with E-state index in [4.69, 9.17) is 0 Å². The average Bonchev–Trinajstić information content (AvgIpc) is 3.69. The lowest BCUT2D eigenvalue weighted by Gasteiger charge is -2.14. The summed E-state index contributed by atoms with van der Waals surface area (Å²) in [5.74, 6) is -0.314. The molecular formula is C24H24F3N9O3S. The van der Waals surface area contributed by atoms with E-state index in [9.17, 15) is 23.1 Å². The molecule has 1 aromatic carbocycles. The lowest BCUT2D eigenvalue weighted by atomic mass is 10.1. The predicted molar refractivity (Wildman–Crippen MR) is 138 cm³/mol. The van der Waals surface area contributed by atoms with Crippen molar-refractivity contribution in [3.8, 4) is 11.4 Å². The molecule has 1 fully saturated rings. The highest BCUT2D eigenvalue weighted by molar-refractivity contribution is 7.15. The van der Waals surface area contributed by atoms with Crippen molar-refractivity contribution in [2.75, 3.05) is 30.4 Å². The number of aliphatic hydroxyl groups excluding tert-OH is 1. The number of imidazole rings is 1. The highest BCUT2D eigenvalue weighted by Gasteiger charge is 2.31. The van der Waals surface area contributed by atoms with Gasteiger partial charge in [0.25, 0.3) is 0 Å². The molecule has 4 heterocycles. The van der Waals surface area contributed by atoms with Crippen LogP contribution in [0.1, 0.15) is 35.0 Å². The summed E-state index contributed by atoms with van der Waals surface area (Å²) in [4.78, 5) is 18.8. The molecular weight excluding hydrogens is 551 g/mol. The number of aromatic nitrogens is 6. The topological polar surface area (TPSA) is 143 Å². The fourth-order valence-corrected chi connectivity index (χ4v) is 5.05. The van der Waals surface area contributed by atoms with E-state index in [2.05, 4.69) is 45.6 Å². The van der Waals surface area contributed by atoms with Gasteiger partial charge in [-0.3, -0.25) is 10.1 Å². The molecule has 1 amide bonds. The largest absolute Gasteiger partial charge is 0.573 e. The summed E-state index contributed by atoms with van der Waals surface area (Å²) in [6.07, 6.45) is -1.92. The molecule has 1 aliphatic rings. The van der Waals surface area contributed by atoms with E-state index < -0.39 is 12.6 Å². The first-order chi connectivity index (χ1) is 19.2. The lowest BCUT2D eigenvalue weighted by molar-refractivity contribution is -0.274. The van der Waals surface area contributed by atoms with Crippen molar-refractivity contribution >= 4 is 28.2 Å². The summed E-state index contributed by atoms with van der Waals surface area (Å²) in [5, 5.41) is 33.1. The molecule has 0 aliphatic carbocycles. The molecule has 16 heteroatoms. The second-order valence-electron chi connectivity index (χ2n) is 8.93. The van der Waals surface area contributed by atoms with Crippen molar-refractivity contribution in [3.63, 3.8) is 0 Å². The standard InChI is InChI=1S/C24H24F3N9O3S/c1-28-21(38)22-33-34-23(40-22)35-8-7-14(11-35)18-5-6-19(32-31-18)30-20(37)9-15-12-36(13-29-15)16-3-2-4-17(10-16)39-24(25,26)27/h2-6,10,12-14,21,28,38H,7-9,11H2,1H3,(H,30,32,37). The van der Waals surface area contributed by atoms with E-state index in [0.29, 0.717) is 22.9 Å². The van der Waals surface area contributed by atoms with Gasteiger partial charge in [0.05, 0.1) is 29.8 Å². The van der Waals surface area contributed by atoms with Gasteiger partial charge in [0.1, 0.15) is 5.75 Å². The van der Waals surface area contributed by atoms with Crippen molar-refractivity contribution < 1.29 is 27.8 Å². The summed E-state index contributed by atoms with van der Waals surface area (Å²) >= 11 is 1.33. The Morgan fingerprint density at radius 1 is 1.23 bits per heavy atom. The number of amides is 1. The van der Waals surface area contributed by atoms with Crippen molar-refractivity contribution in [2.24, 2.45) is 0 Å². The fraction of sp³-hybridized carbons (Fsp3) is 0.333. The van der Waals surface area contributed by atoms with Gasteiger partial charge in [-0.1, -0.05) is 17.4 Å². The number of hydrogen-bond acceptors (Lipinski definition) is 11. The Kier molecular flexibility index (Phi) is 7.90. The van der Waals surface area contributed by atoms with Gasteiger partial charge < -0.3 is 24.6 Å². The molecule has 1 aliphatic heterocycles. The number of ether oxygens (including phenoxy) is 1. The number of alkyl halides is 3. The van der Waals surface area contributed by atoms with Gasteiger partial charge in [-0.2, -0.15) is 5.10 Å². The number of rotatable bonds is 9. The monoisotopic (exact) mass is 575 g/mol. The molecule has 210 valence electrons. The van der Waals surface area contributed by atoms with E-state index in [-0.39, 0.29) is 29.8 Å². The molecule has 0 spiro atoms. The molecule has 2 unspecified atom stereocenters. The molecule has 0 radical (unpaired) electrons. The molecule has 12 nitrogen and oxygen atoms in total. The molecule has 1 saturated heterocycles. The smallest absolute Gasteiger partial charge is 0.406 e. The fourth-order valence-electron chi connectivity index (χ4n) is 4.18. The molecule has 2 atom stereocenters. The summed E-state index contributed by atoms with van der Waals surface area (Å²) in [7, 11) is 1.64. The van der Waals surface area contributed by atoms with Crippen molar-refractivity contribution in [3.05, 3.63) is 65.3 Å². The molecule has 40 heavy (non-hydrogen) atoms. The van der Waals surface area contributed by atoms with Crippen LogP contribution in [0.5, 0.6) is 5.75 Å². The van der Waals surface area contributed by atoms with Crippen LogP contribution in [0.15, 0.2) is 48.9 Å². The van der Waals surface area contributed by atoms with E-state index in [1.807, 2.05) is 6.07 Å². The SMILES string of the molecule is CNC(O)c1nnc(N2CCC(c3ccc(NC(=O)Cc4cn(-c5cccc(OC(F)(F)F)c5)cn4)nn3)C2)s1. The van der Waals surface area contributed by atoms with Gasteiger partial charge in [0.15, 0.2) is 17.1 Å². The minimum Gasteiger partial charge on any atom is -0.406 e. The van der Waals surface area contributed by atoms with E-state index in [1.165, 1.54) is 40.4 Å². The third kappa shape index (κ3) is 6.70. The van der Waals surface area contributed by atoms with Crippen molar-refractivity contribution in [1.29, 1.82) is 0 Å². The van der Waals surface area contributed by atoms with Crippen LogP contribution >= 0.6 is 11.3 Å². The first kappa shape index (κ1) is 27.4. The number of carbonyl (C=O) groups excluding carboxylic acids is 1. The minimum atomic E-state index is -4.80. The number of anilines is 2. The summed E-state index contributed by atoms with van der Waals surface area (Å²) in [6.45, 7) is 1.44. The van der Waals surface area contributed by atoms with Gasteiger partial charge >= 0.3 is 6.36 Å². The molecule has 0 saturated carbocycles. The Balaban J connectivity index is 1.14. The number of nitrogens with zero attached hydrogens (tertiary/aromatic N) is 7. The number of hydrogen-bond donors (Lipinski definition) is 3. The predicted octanol–water partition coefficient (Wildman–Crippen LogP) is 2.80. The zero-order valence-corrected chi connectivity index (χ0v) is 21.9. The van der Waals surface area contributed by atoms with Crippen molar-refractivity contribution in [1.82, 2.24) is 35.3 Å². The van der Waals surface area contributed by atoms with Gasteiger partial charge in [-0.05, 0) is 37.7 Å². The maximum Gasteiger partial charge on any atom is 0.573 e. The first-order valence-corrected chi connectivity index (χ1v) is 12.9. The maximum atomic E-state index is 12.5. The molecule has 3 N–H and O–H groups in total. The zero-order chi connectivity index (χ0) is 28.3. The summed E-state index contributed by atoms with van der Waals surface area (Å²) in [6, 6.07) is 8.94. The Labute approximate surface area is 229 Å². The molecule has 3 aromatic heterocycles. The van der Waals surface area contributed by atoms with E-state index in [0.717, 1.165) is 23.8 Å². The Morgan fingerprint density at radius 2 is 2.08 bits per heavy atom. The Hall–Kier alpha value is -4.15. The highest BCUT2D eigenvalue weighted by Crippen LogP contribution is 2.32. The maximum absolute atomic E-state index is 12.5. The lowest BCUT2D eigenvalue weighted by Crippen LogP contribution is -2.19. The van der Waals surface area contributed by atoms with Crippen LogP contribution in [-0.2, 0) is 11.2 Å². The average molecular weight is 576 g/mol. The van der Waals surface area contributed by atoms with Gasteiger partial charge in [-0.15, -0.1) is 28.5 Å². The van der Waals surface area contributed by atoms with Crippen LogP contribution in [0, 0.1) is 0 Å². The number of halogens is 3. The minimum absolute atomic E-state index is 0.0706. The second-order valence-corrected chi connectivity index (χ2v) is 9.92. The summed E-state index contributed by atoms with van der Waals surface area (Å²) in [5.41, 5.74) is 1.60. The van der Waals surface area contributed by atoms with E-state index >= 15 is 0 Å². The van der Waals surface area contributed by atoms with Crippen LogP contribution in [0.4, 0.5) is 24.1 Å². The first-order valence-electron chi connectivity index (χ1n) is 12.1. The normalized spacial score (nSPS) is 16.2. The van der Waals surface area contributed by atoms with Gasteiger partial charge in [0, 0.05) is 31.3 Å². The van der Waals surface area contributed by atoms with Crippen LogP contribution in [0.3, 0.4) is 0 Å². The Bertz CT molecular complexity index is 1460. The van der Waals surface area contributed by atoms with Gasteiger partial charge in [-0.25, -0.2) is 4.98 Å². The number of benzene rings is 1. The number of carbonyl (C=O) groups is 1. The van der Waals surface area contributed by atoms with Crippen molar-refractivity contribution in [2.45, 2.75) is 31.3 Å². The Morgan fingerprint density at radius 3 is 2.83 bits per heavy atom. The number of nitrogens with one attached hydrogen (secondary N) is 2. The quantitative estimate of drug-likeness (QED) is 0.255. The highest BCUT2D eigenvalue weighted by atomic mass is 32.1. The molecule has 0 bridgehead atoms. The van der Waals surface area contributed by atoms with Gasteiger partial charge in [0.2, 0.25) is 11.0 Å². The van der Waals surface area contributed by atoms with Crippen LogP contribution in [0.2, 0.25) is 0 Å². The summed E-state index contributed by atoms with van der Waals surface area (Å²) < 4.78 is 43.0.